The molecule has 2 aliphatic rings. The molecule has 2 aliphatic heterocycles. The minimum absolute atomic E-state index is 0.140. The number of aromatic nitrogens is 2. The number of piperidine rings is 1. The van der Waals surface area contributed by atoms with Crippen molar-refractivity contribution < 1.29 is 5.11 Å². The number of aliphatic hydroxyl groups excluding tert-OH is 1. The van der Waals surface area contributed by atoms with Gasteiger partial charge in [0, 0.05) is 23.2 Å². The maximum atomic E-state index is 10.0. The summed E-state index contributed by atoms with van der Waals surface area (Å²) in [6.45, 7) is 3.87. The van der Waals surface area contributed by atoms with Gasteiger partial charge in [0.05, 0.1) is 28.0 Å². The van der Waals surface area contributed by atoms with Crippen LogP contribution in [0.5, 0.6) is 0 Å². The Hall–Kier alpha value is -1.40. The summed E-state index contributed by atoms with van der Waals surface area (Å²) in [5, 5.41) is 10.9. The van der Waals surface area contributed by atoms with E-state index in [1.807, 2.05) is 19.1 Å². The van der Waals surface area contributed by atoms with E-state index in [1.54, 1.807) is 6.07 Å². The molecular formula is C20H24Cl2N4O. The first-order valence-electron chi connectivity index (χ1n) is 9.30. The summed E-state index contributed by atoms with van der Waals surface area (Å²) >= 11 is 12.6. The standard InChI is InChI=1S/C20H24Cl2N4O/c1-11-18(14-4-3-5-15(21)17(14)22)25-16(10-27)19(24-11)26-12-6-7-13(26)9-20(2,23)8-12/h3-5,12-13,27H,6-10,23H2,1-2H3. The number of rotatable bonds is 3. The second-order valence-corrected chi connectivity index (χ2v) is 8.83. The van der Waals surface area contributed by atoms with Crippen LogP contribution in [0.1, 0.15) is 44.0 Å². The number of anilines is 1. The lowest BCUT2D eigenvalue weighted by Crippen LogP contribution is -2.54. The van der Waals surface area contributed by atoms with Crippen molar-refractivity contribution in [2.45, 2.75) is 63.8 Å². The van der Waals surface area contributed by atoms with E-state index in [1.165, 1.54) is 0 Å². The molecule has 2 bridgehead atoms. The predicted molar refractivity (Wildman–Crippen MR) is 109 cm³/mol. The molecule has 1 aromatic heterocycles. The smallest absolute Gasteiger partial charge is 0.153 e. The first kappa shape index (κ1) is 18.9. The minimum atomic E-state index is -0.177. The molecule has 0 aliphatic carbocycles. The van der Waals surface area contributed by atoms with Crippen LogP contribution in [0.4, 0.5) is 5.82 Å². The zero-order chi connectivity index (χ0) is 19.3. The lowest BCUT2D eigenvalue weighted by atomic mass is 9.85. The monoisotopic (exact) mass is 406 g/mol. The Bertz CT molecular complexity index is 871. The molecule has 2 atom stereocenters. The van der Waals surface area contributed by atoms with Crippen molar-refractivity contribution in [2.24, 2.45) is 5.73 Å². The molecule has 0 spiro atoms. The third-order valence-electron chi connectivity index (χ3n) is 5.75. The molecule has 3 N–H and O–H groups in total. The SMILES string of the molecule is Cc1nc(N2C3CCC2CC(C)(N)C3)c(CO)nc1-c1cccc(Cl)c1Cl. The minimum Gasteiger partial charge on any atom is -0.390 e. The number of benzene rings is 1. The number of nitrogens with two attached hydrogens (primary N) is 1. The summed E-state index contributed by atoms with van der Waals surface area (Å²) in [4.78, 5) is 11.9. The summed E-state index contributed by atoms with van der Waals surface area (Å²) in [6.07, 6.45) is 4.06. The number of fused-ring (bicyclic) bond motifs is 2. The average Bonchev–Trinajstić information content (AvgIpc) is 2.89. The van der Waals surface area contributed by atoms with Gasteiger partial charge in [0.25, 0.3) is 0 Å². The van der Waals surface area contributed by atoms with Crippen LogP contribution in [-0.4, -0.2) is 32.7 Å². The topological polar surface area (TPSA) is 75.3 Å². The fourth-order valence-corrected chi connectivity index (χ4v) is 5.05. The summed E-state index contributed by atoms with van der Waals surface area (Å²) in [6, 6.07) is 6.14. The van der Waals surface area contributed by atoms with Gasteiger partial charge in [-0.3, -0.25) is 0 Å². The van der Waals surface area contributed by atoms with Crippen LogP contribution in [0.25, 0.3) is 11.3 Å². The molecule has 2 aromatic rings. The van der Waals surface area contributed by atoms with Crippen molar-refractivity contribution in [1.29, 1.82) is 0 Å². The Kier molecular flexibility index (Phi) is 4.83. The zero-order valence-electron chi connectivity index (χ0n) is 15.5. The summed E-state index contributed by atoms with van der Waals surface area (Å²) in [5.41, 5.74) is 9.02. The van der Waals surface area contributed by atoms with Gasteiger partial charge in [-0.05, 0) is 45.6 Å². The second kappa shape index (κ2) is 6.89. The molecule has 2 unspecified atom stereocenters. The fraction of sp³-hybridized carbons (Fsp3) is 0.500. The van der Waals surface area contributed by atoms with Gasteiger partial charge >= 0.3 is 0 Å². The van der Waals surface area contributed by atoms with Crippen LogP contribution in [0.15, 0.2) is 18.2 Å². The van der Waals surface area contributed by atoms with Gasteiger partial charge < -0.3 is 15.7 Å². The third-order valence-corrected chi connectivity index (χ3v) is 6.56. The molecule has 0 radical (unpaired) electrons. The molecule has 5 nitrogen and oxygen atoms in total. The number of halogens is 2. The highest BCUT2D eigenvalue weighted by Gasteiger charge is 2.45. The number of aryl methyl sites for hydroxylation is 1. The van der Waals surface area contributed by atoms with E-state index < -0.39 is 0 Å². The molecule has 2 fully saturated rings. The van der Waals surface area contributed by atoms with Crippen molar-refractivity contribution in [1.82, 2.24) is 9.97 Å². The maximum Gasteiger partial charge on any atom is 0.153 e. The van der Waals surface area contributed by atoms with Gasteiger partial charge in [-0.15, -0.1) is 0 Å². The van der Waals surface area contributed by atoms with E-state index in [0.29, 0.717) is 33.5 Å². The van der Waals surface area contributed by atoms with Crippen LogP contribution < -0.4 is 10.6 Å². The average molecular weight is 407 g/mol. The molecule has 1 aromatic carbocycles. The van der Waals surface area contributed by atoms with Gasteiger partial charge in [-0.25, -0.2) is 9.97 Å². The van der Waals surface area contributed by atoms with E-state index in [2.05, 4.69) is 11.8 Å². The van der Waals surface area contributed by atoms with Gasteiger partial charge in [-0.2, -0.15) is 0 Å². The largest absolute Gasteiger partial charge is 0.390 e. The van der Waals surface area contributed by atoms with Crippen LogP contribution >= 0.6 is 23.2 Å². The first-order valence-corrected chi connectivity index (χ1v) is 10.1. The van der Waals surface area contributed by atoms with E-state index >= 15 is 0 Å². The second-order valence-electron chi connectivity index (χ2n) is 8.04. The van der Waals surface area contributed by atoms with Gasteiger partial charge in [0.1, 0.15) is 5.69 Å². The van der Waals surface area contributed by atoms with Crippen LogP contribution in [0.2, 0.25) is 10.0 Å². The molecule has 2 saturated heterocycles. The summed E-state index contributed by atoms with van der Waals surface area (Å²) < 4.78 is 0. The normalized spacial score (nSPS) is 27.3. The Labute approximate surface area is 169 Å². The van der Waals surface area contributed by atoms with E-state index in [-0.39, 0.29) is 12.1 Å². The maximum absolute atomic E-state index is 10.0. The Morgan fingerprint density at radius 2 is 1.89 bits per heavy atom. The van der Waals surface area contributed by atoms with E-state index in [9.17, 15) is 5.11 Å². The highest BCUT2D eigenvalue weighted by molar-refractivity contribution is 6.43. The lowest BCUT2D eigenvalue weighted by Gasteiger charge is -2.44. The van der Waals surface area contributed by atoms with E-state index in [4.69, 9.17) is 38.9 Å². The lowest BCUT2D eigenvalue weighted by molar-refractivity contribution is 0.272. The molecule has 27 heavy (non-hydrogen) atoms. The van der Waals surface area contributed by atoms with Crippen molar-refractivity contribution in [2.75, 3.05) is 4.90 Å². The molecule has 4 rings (SSSR count). The van der Waals surface area contributed by atoms with Gasteiger partial charge in [0.2, 0.25) is 0 Å². The van der Waals surface area contributed by atoms with Crippen molar-refractivity contribution in [3.8, 4) is 11.3 Å². The molecule has 0 saturated carbocycles. The van der Waals surface area contributed by atoms with Crippen molar-refractivity contribution >= 4 is 29.0 Å². The number of aliphatic hydroxyl groups is 1. The summed E-state index contributed by atoms with van der Waals surface area (Å²) in [5.74, 6) is 0.778. The molecule has 144 valence electrons. The molecular weight excluding hydrogens is 383 g/mol. The molecule has 0 amide bonds. The highest BCUT2D eigenvalue weighted by atomic mass is 35.5. The summed E-state index contributed by atoms with van der Waals surface area (Å²) in [7, 11) is 0. The van der Waals surface area contributed by atoms with Crippen molar-refractivity contribution in [3.05, 3.63) is 39.6 Å². The molecule has 7 heteroatoms. The van der Waals surface area contributed by atoms with Crippen LogP contribution in [0.3, 0.4) is 0 Å². The quantitative estimate of drug-likeness (QED) is 0.801. The number of hydrogen-bond donors (Lipinski definition) is 2. The van der Waals surface area contributed by atoms with Gasteiger partial charge in [0.15, 0.2) is 5.82 Å². The van der Waals surface area contributed by atoms with Gasteiger partial charge in [-0.1, -0.05) is 35.3 Å². The van der Waals surface area contributed by atoms with Crippen LogP contribution in [-0.2, 0) is 6.61 Å². The van der Waals surface area contributed by atoms with E-state index in [0.717, 1.165) is 42.8 Å². The zero-order valence-corrected chi connectivity index (χ0v) is 17.1. The number of hydrogen-bond acceptors (Lipinski definition) is 5. The highest BCUT2D eigenvalue weighted by Crippen LogP contribution is 2.43. The number of nitrogens with zero attached hydrogens (tertiary/aromatic N) is 3. The fourth-order valence-electron chi connectivity index (χ4n) is 4.66. The van der Waals surface area contributed by atoms with Crippen LogP contribution in [0, 0.1) is 6.92 Å². The first-order chi connectivity index (χ1) is 12.8. The molecule has 3 heterocycles. The Morgan fingerprint density at radius 1 is 1.22 bits per heavy atom. The Morgan fingerprint density at radius 3 is 2.52 bits per heavy atom. The Balaban J connectivity index is 1.78. The third kappa shape index (κ3) is 3.31. The van der Waals surface area contributed by atoms with Crippen molar-refractivity contribution in [3.63, 3.8) is 0 Å². The predicted octanol–water partition coefficient (Wildman–Crippen LogP) is 4.10.